The Morgan fingerprint density at radius 3 is 2.76 bits per heavy atom. The van der Waals surface area contributed by atoms with Gasteiger partial charge in [0.1, 0.15) is 0 Å². The molecule has 0 saturated heterocycles. The van der Waals surface area contributed by atoms with E-state index in [-0.39, 0.29) is 12.5 Å². The van der Waals surface area contributed by atoms with Gasteiger partial charge in [-0.3, -0.25) is 4.79 Å². The molecule has 0 bridgehead atoms. The molecule has 1 rings (SSSR count). The highest BCUT2D eigenvalue weighted by molar-refractivity contribution is 5.96. The van der Waals surface area contributed by atoms with Crippen molar-refractivity contribution < 1.29 is 9.90 Å². The Morgan fingerprint density at radius 2 is 2.14 bits per heavy atom. The van der Waals surface area contributed by atoms with E-state index >= 15 is 0 Å². The molecule has 114 valence electrons. The first-order chi connectivity index (χ1) is 10.1. The summed E-state index contributed by atoms with van der Waals surface area (Å²) < 4.78 is 0. The number of aliphatic hydroxyl groups excluding tert-OH is 1. The molecule has 1 amide bonds. The summed E-state index contributed by atoms with van der Waals surface area (Å²) in [7, 11) is 0. The number of aliphatic hydroxyl groups is 1. The van der Waals surface area contributed by atoms with Crippen LogP contribution < -0.4 is 5.73 Å². The number of carbonyl (C=O) groups is 1. The van der Waals surface area contributed by atoms with E-state index in [0.29, 0.717) is 25.2 Å². The molecule has 1 aromatic rings. The normalized spacial score (nSPS) is 9.90. The zero-order chi connectivity index (χ0) is 15.7. The van der Waals surface area contributed by atoms with Gasteiger partial charge in [0.15, 0.2) is 0 Å². The van der Waals surface area contributed by atoms with Crippen LogP contribution in [0.25, 0.3) is 0 Å². The van der Waals surface area contributed by atoms with Gasteiger partial charge in [-0.2, -0.15) is 0 Å². The van der Waals surface area contributed by atoms with Gasteiger partial charge in [-0.1, -0.05) is 31.3 Å². The van der Waals surface area contributed by atoms with Gasteiger partial charge in [0, 0.05) is 24.2 Å². The van der Waals surface area contributed by atoms with Gasteiger partial charge >= 0.3 is 0 Å². The minimum absolute atomic E-state index is 0.0266. The highest BCUT2D eigenvalue weighted by atomic mass is 16.3. The first kappa shape index (κ1) is 17.2. The van der Waals surface area contributed by atoms with Crippen molar-refractivity contribution in [2.24, 2.45) is 5.73 Å². The van der Waals surface area contributed by atoms with Crippen molar-refractivity contribution in [1.82, 2.24) is 4.90 Å². The lowest BCUT2D eigenvalue weighted by molar-refractivity contribution is 0.0718. The van der Waals surface area contributed by atoms with Crippen LogP contribution in [0.15, 0.2) is 18.2 Å². The van der Waals surface area contributed by atoms with Gasteiger partial charge in [0.05, 0.1) is 13.2 Å². The van der Waals surface area contributed by atoms with Crippen molar-refractivity contribution in [2.45, 2.75) is 26.7 Å². The predicted octanol–water partition coefficient (Wildman–Crippen LogP) is 1.54. The summed E-state index contributed by atoms with van der Waals surface area (Å²) >= 11 is 0. The third kappa shape index (κ3) is 5.22. The smallest absolute Gasteiger partial charge is 0.254 e. The molecule has 4 nitrogen and oxygen atoms in total. The minimum atomic E-state index is -0.0496. The number of rotatable bonds is 6. The van der Waals surface area contributed by atoms with E-state index < -0.39 is 0 Å². The topological polar surface area (TPSA) is 66.6 Å². The number of nitrogens with zero attached hydrogens (tertiary/aromatic N) is 1. The molecule has 0 fully saturated rings. The van der Waals surface area contributed by atoms with Gasteiger partial charge < -0.3 is 15.7 Å². The number of nitrogens with two attached hydrogens (primary N) is 1. The van der Waals surface area contributed by atoms with E-state index in [1.54, 1.807) is 11.0 Å². The minimum Gasteiger partial charge on any atom is -0.395 e. The Bertz CT molecular complexity index is 529. The lowest BCUT2D eigenvalue weighted by Crippen LogP contribution is -2.34. The van der Waals surface area contributed by atoms with Crippen LogP contribution in [-0.4, -0.2) is 42.2 Å². The van der Waals surface area contributed by atoms with Crippen molar-refractivity contribution in [3.63, 3.8) is 0 Å². The first-order valence-electron chi connectivity index (χ1n) is 7.33. The molecule has 0 heterocycles. The molecular weight excluding hydrogens is 264 g/mol. The Labute approximate surface area is 127 Å². The van der Waals surface area contributed by atoms with Crippen molar-refractivity contribution in [2.75, 3.05) is 26.2 Å². The number of hydrogen-bond acceptors (Lipinski definition) is 3. The average Bonchev–Trinajstić information content (AvgIpc) is 2.50. The molecule has 0 radical (unpaired) electrons. The zero-order valence-electron chi connectivity index (χ0n) is 12.9. The maximum absolute atomic E-state index is 12.6. The monoisotopic (exact) mass is 288 g/mol. The molecule has 0 aromatic heterocycles. The van der Waals surface area contributed by atoms with Crippen LogP contribution in [0.3, 0.4) is 0 Å². The second kappa shape index (κ2) is 9.17. The summed E-state index contributed by atoms with van der Waals surface area (Å²) in [6, 6.07) is 5.58. The summed E-state index contributed by atoms with van der Waals surface area (Å²) in [5.41, 5.74) is 7.71. The third-order valence-corrected chi connectivity index (χ3v) is 3.24. The molecule has 4 heteroatoms. The maximum Gasteiger partial charge on any atom is 0.254 e. The van der Waals surface area contributed by atoms with E-state index in [1.807, 2.05) is 19.1 Å². The molecule has 1 aromatic carbocycles. The quantitative estimate of drug-likeness (QED) is 0.780. The lowest BCUT2D eigenvalue weighted by atomic mass is 10.0. The fourth-order valence-electron chi connectivity index (χ4n) is 2.04. The summed E-state index contributed by atoms with van der Waals surface area (Å²) in [4.78, 5) is 14.3. The average molecular weight is 288 g/mol. The van der Waals surface area contributed by atoms with Crippen LogP contribution in [0.1, 0.15) is 41.3 Å². The van der Waals surface area contributed by atoms with E-state index in [4.69, 9.17) is 10.8 Å². The van der Waals surface area contributed by atoms with Gasteiger partial charge in [-0.05, 0) is 31.0 Å². The van der Waals surface area contributed by atoms with Crippen LogP contribution in [0, 0.1) is 18.8 Å². The first-order valence-corrected chi connectivity index (χ1v) is 7.33. The van der Waals surface area contributed by atoms with Crippen LogP contribution >= 0.6 is 0 Å². The molecule has 0 spiro atoms. The Hall–Kier alpha value is -1.83. The zero-order valence-corrected chi connectivity index (χ0v) is 12.9. The van der Waals surface area contributed by atoms with E-state index in [2.05, 4.69) is 18.8 Å². The Morgan fingerprint density at radius 1 is 1.38 bits per heavy atom. The van der Waals surface area contributed by atoms with Crippen LogP contribution in [-0.2, 0) is 0 Å². The largest absolute Gasteiger partial charge is 0.395 e. The van der Waals surface area contributed by atoms with Gasteiger partial charge in [0.25, 0.3) is 5.91 Å². The van der Waals surface area contributed by atoms with Gasteiger partial charge in [-0.15, -0.1) is 0 Å². The SMILES string of the molecule is CCCCN(CCO)C(=O)c1cc(C#CCN)ccc1C. The molecular formula is C17H24N2O2. The number of amides is 1. The molecule has 21 heavy (non-hydrogen) atoms. The van der Waals surface area contributed by atoms with Crippen LogP contribution in [0.2, 0.25) is 0 Å². The number of benzene rings is 1. The maximum atomic E-state index is 12.6. The summed E-state index contributed by atoms with van der Waals surface area (Å²) in [6.07, 6.45) is 1.94. The third-order valence-electron chi connectivity index (χ3n) is 3.24. The van der Waals surface area contributed by atoms with Crippen molar-refractivity contribution in [1.29, 1.82) is 0 Å². The van der Waals surface area contributed by atoms with Crippen LogP contribution in [0.5, 0.6) is 0 Å². The molecule has 0 unspecified atom stereocenters. The number of hydrogen-bond donors (Lipinski definition) is 2. The molecule has 0 atom stereocenters. The van der Waals surface area contributed by atoms with E-state index in [0.717, 1.165) is 24.0 Å². The second-order valence-corrected chi connectivity index (χ2v) is 4.90. The van der Waals surface area contributed by atoms with E-state index in [1.165, 1.54) is 0 Å². The Kier molecular flexibility index (Phi) is 7.52. The lowest BCUT2D eigenvalue weighted by Gasteiger charge is -2.22. The molecule has 3 N–H and O–H groups in total. The molecule has 0 aliphatic rings. The summed E-state index contributed by atoms with van der Waals surface area (Å²) in [5.74, 6) is 5.69. The van der Waals surface area contributed by atoms with Gasteiger partial charge in [-0.25, -0.2) is 0 Å². The highest BCUT2D eigenvalue weighted by Crippen LogP contribution is 2.14. The molecule has 0 aliphatic carbocycles. The summed E-state index contributed by atoms with van der Waals surface area (Å²) in [5, 5.41) is 9.14. The fourth-order valence-corrected chi connectivity index (χ4v) is 2.04. The van der Waals surface area contributed by atoms with Crippen LogP contribution in [0.4, 0.5) is 0 Å². The van der Waals surface area contributed by atoms with E-state index in [9.17, 15) is 4.79 Å². The van der Waals surface area contributed by atoms with Crippen molar-refractivity contribution in [3.8, 4) is 11.8 Å². The number of unbranched alkanes of at least 4 members (excludes halogenated alkanes) is 1. The van der Waals surface area contributed by atoms with Gasteiger partial charge in [0.2, 0.25) is 0 Å². The molecule has 0 saturated carbocycles. The molecule has 0 aliphatic heterocycles. The predicted molar refractivity (Wildman–Crippen MR) is 85.0 cm³/mol. The van der Waals surface area contributed by atoms with Crippen molar-refractivity contribution >= 4 is 5.91 Å². The number of aryl methyl sites for hydroxylation is 1. The Balaban J connectivity index is 3.02. The summed E-state index contributed by atoms with van der Waals surface area (Å²) in [6.45, 7) is 5.27. The standard InChI is InChI=1S/C17H24N2O2/c1-3-4-10-19(11-12-20)17(21)16-13-15(6-5-9-18)8-7-14(16)2/h7-8,13,20H,3-4,9-12,18H2,1-2H3. The second-order valence-electron chi connectivity index (χ2n) is 4.90. The highest BCUT2D eigenvalue weighted by Gasteiger charge is 2.17. The number of carbonyl (C=O) groups excluding carboxylic acids is 1. The fraction of sp³-hybridized carbons (Fsp3) is 0.471. The van der Waals surface area contributed by atoms with Crippen molar-refractivity contribution in [3.05, 3.63) is 34.9 Å².